The molecule has 1 aromatic rings. The van der Waals surface area contributed by atoms with E-state index in [0.29, 0.717) is 13.2 Å². The molecule has 0 aliphatic heterocycles. The zero-order valence-corrected chi connectivity index (χ0v) is 9.68. The average molecular weight is 230 g/mol. The molecule has 0 aliphatic carbocycles. The van der Waals surface area contributed by atoms with Gasteiger partial charge in [0.1, 0.15) is 5.82 Å². The standard InChI is InChI=1S/C11H16F2N2O/c1-4-16-11(2,3)7-15-10-9(13)5-8(12)6-14-10/h5-6H,4,7H2,1-3H3,(H,14,15). The average Bonchev–Trinajstić information content (AvgIpc) is 2.16. The number of anilines is 1. The number of pyridine rings is 1. The van der Waals surface area contributed by atoms with Gasteiger partial charge in [-0.15, -0.1) is 0 Å². The van der Waals surface area contributed by atoms with Gasteiger partial charge in [-0.1, -0.05) is 0 Å². The van der Waals surface area contributed by atoms with Crippen molar-refractivity contribution in [3.8, 4) is 0 Å². The third kappa shape index (κ3) is 3.73. The Balaban J connectivity index is 2.61. The zero-order chi connectivity index (χ0) is 12.2. The van der Waals surface area contributed by atoms with Crippen LogP contribution in [0.25, 0.3) is 0 Å². The van der Waals surface area contributed by atoms with E-state index in [2.05, 4.69) is 10.3 Å². The molecule has 0 aliphatic rings. The van der Waals surface area contributed by atoms with Crippen LogP contribution in [0.5, 0.6) is 0 Å². The maximum atomic E-state index is 13.2. The Kier molecular flexibility index (Phi) is 4.18. The summed E-state index contributed by atoms with van der Waals surface area (Å²) in [6.07, 6.45) is 0.971. The summed E-state index contributed by atoms with van der Waals surface area (Å²) in [4.78, 5) is 3.62. The molecule has 5 heteroatoms. The highest BCUT2D eigenvalue weighted by atomic mass is 19.1. The lowest BCUT2D eigenvalue weighted by molar-refractivity contribution is 0.000602. The van der Waals surface area contributed by atoms with Crippen molar-refractivity contribution in [1.82, 2.24) is 4.98 Å². The first-order valence-electron chi connectivity index (χ1n) is 5.13. The second-order valence-corrected chi connectivity index (χ2v) is 4.03. The summed E-state index contributed by atoms with van der Waals surface area (Å²) in [5.41, 5.74) is -0.419. The van der Waals surface area contributed by atoms with Crippen molar-refractivity contribution in [3.05, 3.63) is 23.9 Å². The van der Waals surface area contributed by atoms with E-state index in [1.165, 1.54) is 0 Å². The maximum Gasteiger partial charge on any atom is 0.168 e. The first kappa shape index (κ1) is 12.8. The Labute approximate surface area is 93.8 Å². The van der Waals surface area contributed by atoms with Crippen LogP contribution in [-0.2, 0) is 4.74 Å². The molecule has 0 aromatic carbocycles. The molecule has 0 amide bonds. The fraction of sp³-hybridized carbons (Fsp3) is 0.545. The minimum atomic E-state index is -0.702. The molecular weight excluding hydrogens is 214 g/mol. The largest absolute Gasteiger partial charge is 0.374 e. The Hall–Kier alpha value is -1.23. The van der Waals surface area contributed by atoms with E-state index in [1.54, 1.807) is 0 Å². The topological polar surface area (TPSA) is 34.1 Å². The van der Waals surface area contributed by atoms with E-state index in [-0.39, 0.29) is 5.82 Å². The first-order valence-corrected chi connectivity index (χ1v) is 5.13. The predicted octanol–water partition coefficient (Wildman–Crippen LogP) is 2.59. The van der Waals surface area contributed by atoms with Gasteiger partial charge in [0.15, 0.2) is 11.6 Å². The van der Waals surface area contributed by atoms with Crippen molar-refractivity contribution in [3.63, 3.8) is 0 Å². The van der Waals surface area contributed by atoms with Crippen molar-refractivity contribution >= 4 is 5.82 Å². The van der Waals surface area contributed by atoms with Gasteiger partial charge in [0.05, 0.1) is 11.8 Å². The molecule has 0 radical (unpaired) electrons. The fourth-order valence-electron chi connectivity index (χ4n) is 1.28. The Morgan fingerprint density at radius 3 is 2.69 bits per heavy atom. The molecular formula is C11H16F2N2O. The first-order chi connectivity index (χ1) is 7.44. The van der Waals surface area contributed by atoms with Gasteiger partial charge in [0.2, 0.25) is 0 Å². The number of hydrogen-bond donors (Lipinski definition) is 1. The van der Waals surface area contributed by atoms with E-state index in [0.717, 1.165) is 12.3 Å². The fourth-order valence-corrected chi connectivity index (χ4v) is 1.28. The van der Waals surface area contributed by atoms with Crippen LogP contribution in [0.1, 0.15) is 20.8 Å². The lowest BCUT2D eigenvalue weighted by Gasteiger charge is -2.25. The van der Waals surface area contributed by atoms with Crippen molar-refractivity contribution < 1.29 is 13.5 Å². The third-order valence-electron chi connectivity index (χ3n) is 2.02. The van der Waals surface area contributed by atoms with E-state index >= 15 is 0 Å². The highest BCUT2D eigenvalue weighted by Crippen LogP contribution is 2.14. The lowest BCUT2D eigenvalue weighted by Crippen LogP contribution is -2.33. The monoisotopic (exact) mass is 230 g/mol. The van der Waals surface area contributed by atoms with E-state index < -0.39 is 17.2 Å². The summed E-state index contributed by atoms with van der Waals surface area (Å²) in [7, 11) is 0. The SMILES string of the molecule is CCOC(C)(C)CNc1ncc(F)cc1F. The predicted molar refractivity (Wildman–Crippen MR) is 58.3 cm³/mol. The summed E-state index contributed by atoms with van der Waals surface area (Å²) in [6, 6.07) is 0.795. The molecule has 1 heterocycles. The van der Waals surface area contributed by atoms with Crippen LogP contribution >= 0.6 is 0 Å². The van der Waals surface area contributed by atoms with Crippen molar-refractivity contribution in [1.29, 1.82) is 0 Å². The molecule has 0 bridgehead atoms. The Morgan fingerprint density at radius 2 is 2.12 bits per heavy atom. The van der Waals surface area contributed by atoms with Crippen molar-refractivity contribution in [2.45, 2.75) is 26.4 Å². The molecule has 0 atom stereocenters. The smallest absolute Gasteiger partial charge is 0.168 e. The van der Waals surface area contributed by atoms with Crippen LogP contribution in [0.3, 0.4) is 0 Å². The zero-order valence-electron chi connectivity index (χ0n) is 9.68. The number of hydrogen-bond acceptors (Lipinski definition) is 3. The summed E-state index contributed by atoms with van der Waals surface area (Å²) in [5.74, 6) is -1.35. The Morgan fingerprint density at radius 1 is 1.44 bits per heavy atom. The molecule has 1 aromatic heterocycles. The quantitative estimate of drug-likeness (QED) is 0.844. The molecule has 0 fully saturated rings. The molecule has 0 unspecified atom stereocenters. The van der Waals surface area contributed by atoms with E-state index in [9.17, 15) is 8.78 Å². The van der Waals surface area contributed by atoms with Gasteiger partial charge >= 0.3 is 0 Å². The van der Waals surface area contributed by atoms with Crippen molar-refractivity contribution in [2.24, 2.45) is 0 Å². The molecule has 0 saturated carbocycles. The van der Waals surface area contributed by atoms with Crippen LogP contribution < -0.4 is 5.32 Å². The maximum absolute atomic E-state index is 13.2. The third-order valence-corrected chi connectivity index (χ3v) is 2.02. The van der Waals surface area contributed by atoms with Crippen LogP contribution in [0.15, 0.2) is 12.3 Å². The van der Waals surface area contributed by atoms with E-state index in [4.69, 9.17) is 4.74 Å². The van der Waals surface area contributed by atoms with Gasteiger partial charge in [-0.05, 0) is 20.8 Å². The number of nitrogens with zero attached hydrogens (tertiary/aromatic N) is 1. The minimum absolute atomic E-state index is 0.0363. The molecule has 1 rings (SSSR count). The lowest BCUT2D eigenvalue weighted by atomic mass is 10.1. The van der Waals surface area contributed by atoms with Gasteiger partial charge in [-0.2, -0.15) is 0 Å². The number of rotatable bonds is 5. The molecule has 1 N–H and O–H groups in total. The summed E-state index contributed by atoms with van der Waals surface area (Å²) < 4.78 is 31.2. The van der Waals surface area contributed by atoms with Gasteiger partial charge in [-0.25, -0.2) is 13.8 Å². The summed E-state index contributed by atoms with van der Waals surface area (Å²) in [5, 5.41) is 2.79. The minimum Gasteiger partial charge on any atom is -0.374 e. The van der Waals surface area contributed by atoms with E-state index in [1.807, 2.05) is 20.8 Å². The van der Waals surface area contributed by atoms with Crippen LogP contribution in [0, 0.1) is 11.6 Å². The second kappa shape index (κ2) is 5.21. The number of nitrogens with one attached hydrogen (secondary N) is 1. The molecule has 90 valence electrons. The molecule has 0 spiro atoms. The number of halogens is 2. The second-order valence-electron chi connectivity index (χ2n) is 4.03. The molecule has 3 nitrogen and oxygen atoms in total. The number of ether oxygens (including phenoxy) is 1. The molecule has 0 saturated heterocycles. The normalized spacial score (nSPS) is 11.6. The van der Waals surface area contributed by atoms with Gasteiger partial charge in [0, 0.05) is 19.2 Å². The highest BCUT2D eigenvalue weighted by molar-refractivity contribution is 5.36. The Bertz CT molecular complexity index is 356. The summed E-state index contributed by atoms with van der Waals surface area (Å²) in [6.45, 7) is 6.62. The van der Waals surface area contributed by atoms with Gasteiger partial charge in [-0.3, -0.25) is 0 Å². The molecule has 16 heavy (non-hydrogen) atoms. The highest BCUT2D eigenvalue weighted by Gasteiger charge is 2.18. The van der Waals surface area contributed by atoms with Crippen LogP contribution in [0.4, 0.5) is 14.6 Å². The number of aromatic nitrogens is 1. The van der Waals surface area contributed by atoms with Crippen LogP contribution in [0.2, 0.25) is 0 Å². The van der Waals surface area contributed by atoms with Gasteiger partial charge < -0.3 is 10.1 Å². The van der Waals surface area contributed by atoms with Gasteiger partial charge in [0.25, 0.3) is 0 Å². The van der Waals surface area contributed by atoms with Crippen LogP contribution in [-0.4, -0.2) is 23.7 Å². The van der Waals surface area contributed by atoms with Crippen molar-refractivity contribution in [2.75, 3.05) is 18.5 Å². The summed E-state index contributed by atoms with van der Waals surface area (Å²) >= 11 is 0.